The molecule has 0 atom stereocenters. The number of nitrogens with one attached hydrogen (secondary N) is 1. The maximum absolute atomic E-state index is 12.5. The van der Waals surface area contributed by atoms with Crippen LogP contribution < -0.4 is 14.9 Å². The van der Waals surface area contributed by atoms with Crippen LogP contribution in [0, 0.1) is 0 Å². The SMILES string of the molecule is COc1cc(Br)c(C=NNC(=O)c2cc3c(ccc4ccccc43)o2)cc1OC. The Morgan fingerprint density at radius 3 is 2.59 bits per heavy atom. The predicted molar refractivity (Wildman–Crippen MR) is 116 cm³/mol. The summed E-state index contributed by atoms with van der Waals surface area (Å²) in [5.74, 6) is 0.917. The topological polar surface area (TPSA) is 73.1 Å². The summed E-state index contributed by atoms with van der Waals surface area (Å²) in [6, 6.07) is 17.0. The number of benzene rings is 3. The van der Waals surface area contributed by atoms with E-state index < -0.39 is 5.91 Å². The molecule has 7 heteroatoms. The molecule has 1 heterocycles. The number of methoxy groups -OCH3 is 2. The molecule has 1 N–H and O–H groups in total. The molecule has 0 aliphatic carbocycles. The average molecular weight is 453 g/mol. The van der Waals surface area contributed by atoms with Crippen molar-refractivity contribution in [3.63, 3.8) is 0 Å². The molecule has 0 saturated carbocycles. The van der Waals surface area contributed by atoms with Gasteiger partial charge in [0.1, 0.15) is 5.58 Å². The number of amides is 1. The van der Waals surface area contributed by atoms with E-state index in [4.69, 9.17) is 13.9 Å². The van der Waals surface area contributed by atoms with Crippen molar-refractivity contribution >= 4 is 49.8 Å². The molecule has 0 aliphatic heterocycles. The van der Waals surface area contributed by atoms with Crippen LogP contribution >= 0.6 is 15.9 Å². The molecule has 4 aromatic rings. The van der Waals surface area contributed by atoms with Gasteiger partial charge < -0.3 is 13.9 Å². The van der Waals surface area contributed by atoms with Crippen LogP contribution in [0.2, 0.25) is 0 Å². The quantitative estimate of drug-likeness (QED) is 0.336. The third-order valence-corrected chi connectivity index (χ3v) is 5.21. The zero-order valence-corrected chi connectivity index (χ0v) is 17.3. The van der Waals surface area contributed by atoms with E-state index in [9.17, 15) is 4.79 Å². The molecule has 1 amide bonds. The lowest BCUT2D eigenvalue weighted by Gasteiger charge is -2.09. The van der Waals surface area contributed by atoms with Crippen molar-refractivity contribution in [2.75, 3.05) is 14.2 Å². The van der Waals surface area contributed by atoms with Crippen molar-refractivity contribution in [3.05, 3.63) is 70.4 Å². The number of hydrogen-bond acceptors (Lipinski definition) is 5. The summed E-state index contributed by atoms with van der Waals surface area (Å²) in [4.78, 5) is 12.5. The molecule has 0 bridgehead atoms. The summed E-state index contributed by atoms with van der Waals surface area (Å²) in [5.41, 5.74) is 3.87. The molecule has 0 fully saturated rings. The number of fused-ring (bicyclic) bond motifs is 3. The first-order chi connectivity index (χ1) is 14.1. The standard InChI is InChI=1S/C22H17BrN2O4/c1-27-19-9-14(17(23)11-20(19)28-2)12-24-25-22(26)21-10-16-15-6-4-3-5-13(15)7-8-18(16)29-21/h3-12H,1-2H3,(H,25,26). The Morgan fingerprint density at radius 2 is 1.79 bits per heavy atom. The fourth-order valence-electron chi connectivity index (χ4n) is 3.09. The highest BCUT2D eigenvalue weighted by molar-refractivity contribution is 9.10. The lowest BCUT2D eigenvalue weighted by molar-refractivity contribution is 0.0929. The second kappa shape index (κ2) is 7.97. The Kier molecular flexibility index (Phi) is 5.22. The highest BCUT2D eigenvalue weighted by Crippen LogP contribution is 2.32. The Morgan fingerprint density at radius 1 is 1.03 bits per heavy atom. The molecule has 3 aromatic carbocycles. The Hall–Kier alpha value is -3.32. The van der Waals surface area contributed by atoms with E-state index in [0.717, 1.165) is 26.2 Å². The Balaban J connectivity index is 1.56. The van der Waals surface area contributed by atoms with Crippen LogP contribution in [0.5, 0.6) is 11.5 Å². The highest BCUT2D eigenvalue weighted by Gasteiger charge is 2.14. The molecule has 29 heavy (non-hydrogen) atoms. The normalized spacial score (nSPS) is 11.3. The molecule has 0 unspecified atom stereocenters. The van der Waals surface area contributed by atoms with Gasteiger partial charge in [-0.15, -0.1) is 0 Å². The van der Waals surface area contributed by atoms with E-state index in [1.165, 1.54) is 6.21 Å². The van der Waals surface area contributed by atoms with Crippen molar-refractivity contribution < 1.29 is 18.7 Å². The number of halogens is 1. The maximum atomic E-state index is 12.5. The molecule has 0 aliphatic rings. The van der Waals surface area contributed by atoms with Gasteiger partial charge in [0.25, 0.3) is 0 Å². The van der Waals surface area contributed by atoms with Crippen LogP contribution in [0.3, 0.4) is 0 Å². The first-order valence-corrected chi connectivity index (χ1v) is 9.56. The first kappa shape index (κ1) is 19.0. The monoisotopic (exact) mass is 452 g/mol. The van der Waals surface area contributed by atoms with E-state index >= 15 is 0 Å². The minimum atomic E-state index is -0.432. The van der Waals surface area contributed by atoms with Gasteiger partial charge in [-0.3, -0.25) is 4.79 Å². The van der Waals surface area contributed by atoms with Crippen LogP contribution in [0.25, 0.3) is 21.7 Å². The summed E-state index contributed by atoms with van der Waals surface area (Å²) in [5, 5.41) is 7.04. The molecule has 0 spiro atoms. The molecule has 0 radical (unpaired) electrons. The van der Waals surface area contributed by atoms with Gasteiger partial charge in [-0.1, -0.05) is 30.3 Å². The minimum absolute atomic E-state index is 0.194. The number of carbonyl (C=O) groups excluding carboxylic acids is 1. The number of carbonyl (C=O) groups is 1. The van der Waals surface area contributed by atoms with Crippen molar-refractivity contribution in [2.24, 2.45) is 5.10 Å². The fraction of sp³-hybridized carbons (Fsp3) is 0.0909. The van der Waals surface area contributed by atoms with Crippen LogP contribution in [-0.4, -0.2) is 26.3 Å². The minimum Gasteiger partial charge on any atom is -0.493 e. The van der Waals surface area contributed by atoms with Gasteiger partial charge in [-0.25, -0.2) is 5.43 Å². The van der Waals surface area contributed by atoms with E-state index in [-0.39, 0.29) is 5.76 Å². The summed E-state index contributed by atoms with van der Waals surface area (Å²) in [6.07, 6.45) is 1.52. The zero-order valence-electron chi connectivity index (χ0n) is 15.7. The second-order valence-corrected chi connectivity index (χ2v) is 7.09. The van der Waals surface area contributed by atoms with Gasteiger partial charge >= 0.3 is 5.91 Å². The van der Waals surface area contributed by atoms with E-state index in [1.54, 1.807) is 32.4 Å². The molecule has 1 aromatic heterocycles. The number of hydrazone groups is 1. The lowest BCUT2D eigenvalue weighted by Crippen LogP contribution is -2.16. The van der Waals surface area contributed by atoms with Crippen LogP contribution in [0.15, 0.2) is 68.6 Å². The van der Waals surface area contributed by atoms with Crippen LogP contribution in [0.1, 0.15) is 16.1 Å². The molecule has 6 nitrogen and oxygen atoms in total. The van der Waals surface area contributed by atoms with E-state index in [1.807, 2.05) is 36.4 Å². The van der Waals surface area contributed by atoms with Gasteiger partial charge in [-0.2, -0.15) is 5.10 Å². The molecule has 0 saturated heterocycles. The third-order valence-electron chi connectivity index (χ3n) is 4.52. The van der Waals surface area contributed by atoms with Crippen molar-refractivity contribution in [3.8, 4) is 11.5 Å². The third kappa shape index (κ3) is 3.69. The fourth-order valence-corrected chi connectivity index (χ4v) is 3.51. The molecular formula is C22H17BrN2O4. The number of nitrogens with zero attached hydrogens (tertiary/aromatic N) is 1. The van der Waals surface area contributed by atoms with Crippen molar-refractivity contribution in [1.82, 2.24) is 5.43 Å². The van der Waals surface area contributed by atoms with Crippen LogP contribution in [-0.2, 0) is 0 Å². The Bertz CT molecular complexity index is 1250. The summed E-state index contributed by atoms with van der Waals surface area (Å²) in [6.45, 7) is 0. The number of furan rings is 1. The van der Waals surface area contributed by atoms with Gasteiger partial charge in [0.15, 0.2) is 17.3 Å². The number of rotatable bonds is 5. The summed E-state index contributed by atoms with van der Waals surface area (Å²) < 4.78 is 17.0. The van der Waals surface area contributed by atoms with Gasteiger partial charge in [-0.05, 0) is 51.0 Å². The van der Waals surface area contributed by atoms with Crippen molar-refractivity contribution in [1.29, 1.82) is 0 Å². The van der Waals surface area contributed by atoms with Crippen molar-refractivity contribution in [2.45, 2.75) is 0 Å². The van der Waals surface area contributed by atoms with E-state index in [0.29, 0.717) is 17.1 Å². The Labute approximate surface area is 175 Å². The largest absolute Gasteiger partial charge is 0.493 e. The number of ether oxygens (including phenoxy) is 2. The first-order valence-electron chi connectivity index (χ1n) is 8.77. The molecule has 4 rings (SSSR count). The predicted octanol–water partition coefficient (Wildman–Crippen LogP) is 5.13. The smallest absolute Gasteiger partial charge is 0.307 e. The van der Waals surface area contributed by atoms with Gasteiger partial charge in [0.2, 0.25) is 0 Å². The number of hydrogen-bond donors (Lipinski definition) is 1. The average Bonchev–Trinajstić information content (AvgIpc) is 3.19. The van der Waals surface area contributed by atoms with Gasteiger partial charge in [0.05, 0.1) is 20.4 Å². The summed E-state index contributed by atoms with van der Waals surface area (Å²) >= 11 is 3.45. The summed E-state index contributed by atoms with van der Waals surface area (Å²) in [7, 11) is 3.12. The van der Waals surface area contributed by atoms with Gasteiger partial charge in [0, 0.05) is 15.4 Å². The molecule has 146 valence electrons. The second-order valence-electron chi connectivity index (χ2n) is 6.24. The van der Waals surface area contributed by atoms with E-state index in [2.05, 4.69) is 26.5 Å². The maximum Gasteiger partial charge on any atom is 0.307 e. The zero-order chi connectivity index (χ0) is 20.4. The lowest BCUT2D eigenvalue weighted by atomic mass is 10.1. The van der Waals surface area contributed by atoms with Crippen LogP contribution in [0.4, 0.5) is 0 Å². The highest BCUT2D eigenvalue weighted by atomic mass is 79.9. The molecular weight excluding hydrogens is 436 g/mol.